The number of amides is 2. The van der Waals surface area contributed by atoms with Gasteiger partial charge >= 0.3 is 12.1 Å². The van der Waals surface area contributed by atoms with E-state index in [1.165, 1.54) is 0 Å². The number of benzene rings is 1. The Hall–Kier alpha value is -2.77. The topological polar surface area (TPSA) is 103 Å². The van der Waals surface area contributed by atoms with E-state index >= 15 is 0 Å². The summed E-state index contributed by atoms with van der Waals surface area (Å²) in [4.78, 5) is 35.5. The number of nitrogens with one attached hydrogen (secondary N) is 2. The Kier molecular flexibility index (Phi) is 7.87. The zero-order chi connectivity index (χ0) is 21.4. The zero-order valence-electron chi connectivity index (χ0n) is 17.5. The molecule has 0 saturated heterocycles. The Morgan fingerprint density at radius 1 is 1.28 bits per heavy atom. The quantitative estimate of drug-likeness (QED) is 0.508. The van der Waals surface area contributed by atoms with Gasteiger partial charge in [0.15, 0.2) is 0 Å². The van der Waals surface area contributed by atoms with Gasteiger partial charge in [-0.15, -0.1) is 0 Å². The lowest BCUT2D eigenvalue weighted by atomic mass is 9.90. The Bertz CT molecular complexity index is 741. The summed E-state index contributed by atoms with van der Waals surface area (Å²) >= 11 is 0. The molecule has 2 rings (SSSR count). The van der Waals surface area contributed by atoms with E-state index in [1.807, 2.05) is 26.8 Å². The van der Waals surface area contributed by atoms with Crippen molar-refractivity contribution >= 4 is 23.7 Å². The van der Waals surface area contributed by atoms with E-state index < -0.39 is 17.6 Å². The second-order valence-corrected chi connectivity index (χ2v) is 7.85. The molecule has 0 saturated carbocycles. The number of anilines is 1. The van der Waals surface area contributed by atoms with Gasteiger partial charge in [0.05, 0.1) is 25.6 Å². The van der Waals surface area contributed by atoms with Crippen LogP contribution < -0.4 is 15.4 Å². The molecule has 1 heterocycles. The summed E-state index contributed by atoms with van der Waals surface area (Å²) in [5, 5.41) is 5.51. The van der Waals surface area contributed by atoms with Gasteiger partial charge in [-0.05, 0) is 64.3 Å². The molecular weight excluding hydrogens is 376 g/mol. The summed E-state index contributed by atoms with van der Waals surface area (Å²) in [6.07, 6.45) is 0.686. The van der Waals surface area contributed by atoms with Crippen LogP contribution in [-0.2, 0) is 25.5 Å². The Balaban J connectivity index is 1.81. The lowest BCUT2D eigenvalue weighted by molar-refractivity contribution is -0.145. The maximum absolute atomic E-state index is 12.2. The standard InChI is InChI=1S/C21H30N2O6/c1-5-27-18(24)13-15-11-14-12-16(7-8-17(14)23-19(15)25)28-10-6-9-22-20(26)29-21(2,3)4/h7-8,12,15H,5-6,9-11,13H2,1-4H3,(H,22,26)(H,23,25). The smallest absolute Gasteiger partial charge is 0.407 e. The molecule has 1 atom stereocenters. The maximum atomic E-state index is 12.2. The van der Waals surface area contributed by atoms with Crippen molar-refractivity contribution in [3.05, 3.63) is 23.8 Å². The lowest BCUT2D eigenvalue weighted by Crippen LogP contribution is -2.33. The number of alkyl carbamates (subject to hydrolysis) is 1. The van der Waals surface area contributed by atoms with Crippen LogP contribution in [-0.4, -0.2) is 43.3 Å². The number of rotatable bonds is 8. The number of carbonyl (C=O) groups excluding carboxylic acids is 3. The highest BCUT2D eigenvalue weighted by Crippen LogP contribution is 2.30. The minimum absolute atomic E-state index is 0.0561. The molecule has 0 bridgehead atoms. The fraction of sp³-hybridized carbons (Fsp3) is 0.571. The Labute approximate surface area is 171 Å². The lowest BCUT2D eigenvalue weighted by Gasteiger charge is -2.24. The molecule has 2 amide bonds. The number of hydrogen-bond acceptors (Lipinski definition) is 6. The first-order chi connectivity index (χ1) is 13.7. The van der Waals surface area contributed by atoms with Gasteiger partial charge in [0, 0.05) is 12.2 Å². The first-order valence-electron chi connectivity index (χ1n) is 9.87. The molecule has 2 N–H and O–H groups in total. The van der Waals surface area contributed by atoms with E-state index in [0.29, 0.717) is 38.3 Å². The van der Waals surface area contributed by atoms with Gasteiger partial charge in [0.2, 0.25) is 5.91 Å². The van der Waals surface area contributed by atoms with E-state index in [0.717, 1.165) is 11.3 Å². The number of carbonyl (C=O) groups is 3. The van der Waals surface area contributed by atoms with Crippen LogP contribution in [0.4, 0.5) is 10.5 Å². The van der Waals surface area contributed by atoms with Crippen LogP contribution in [0.3, 0.4) is 0 Å². The van der Waals surface area contributed by atoms with Crippen molar-refractivity contribution in [1.29, 1.82) is 0 Å². The summed E-state index contributed by atoms with van der Waals surface area (Å²) in [5.74, 6) is -0.324. The SMILES string of the molecule is CCOC(=O)CC1Cc2cc(OCCCNC(=O)OC(C)(C)C)ccc2NC1=O. The molecule has 0 radical (unpaired) electrons. The Morgan fingerprint density at radius 2 is 2.03 bits per heavy atom. The van der Waals surface area contributed by atoms with E-state index in [4.69, 9.17) is 14.2 Å². The third-order valence-electron chi connectivity index (χ3n) is 4.15. The molecule has 8 nitrogen and oxygen atoms in total. The van der Waals surface area contributed by atoms with Crippen molar-refractivity contribution < 1.29 is 28.6 Å². The number of hydrogen-bond donors (Lipinski definition) is 2. The van der Waals surface area contributed by atoms with Gasteiger partial charge < -0.3 is 24.8 Å². The van der Waals surface area contributed by atoms with Crippen molar-refractivity contribution in [3.63, 3.8) is 0 Å². The minimum atomic E-state index is -0.524. The van der Waals surface area contributed by atoms with E-state index in [-0.39, 0.29) is 18.3 Å². The van der Waals surface area contributed by atoms with Crippen molar-refractivity contribution in [2.45, 2.75) is 52.6 Å². The zero-order valence-corrected chi connectivity index (χ0v) is 17.5. The largest absolute Gasteiger partial charge is 0.494 e. The molecule has 1 aliphatic rings. The molecule has 0 aliphatic carbocycles. The minimum Gasteiger partial charge on any atom is -0.494 e. The molecule has 1 aliphatic heterocycles. The van der Waals surface area contributed by atoms with E-state index in [1.54, 1.807) is 19.1 Å². The first-order valence-corrected chi connectivity index (χ1v) is 9.87. The van der Waals surface area contributed by atoms with Crippen LogP contribution in [0.25, 0.3) is 0 Å². The highest BCUT2D eigenvalue weighted by atomic mass is 16.6. The van der Waals surface area contributed by atoms with Crippen molar-refractivity contribution in [1.82, 2.24) is 5.32 Å². The maximum Gasteiger partial charge on any atom is 0.407 e. The fourth-order valence-electron chi connectivity index (χ4n) is 2.90. The summed E-state index contributed by atoms with van der Waals surface area (Å²) in [7, 11) is 0. The van der Waals surface area contributed by atoms with Crippen molar-refractivity contribution in [3.8, 4) is 5.75 Å². The monoisotopic (exact) mass is 406 g/mol. The molecule has 0 spiro atoms. The first kappa shape index (κ1) is 22.5. The molecule has 1 aromatic rings. The van der Waals surface area contributed by atoms with Gasteiger partial charge in [-0.1, -0.05) is 0 Å². The van der Waals surface area contributed by atoms with Crippen LogP contribution >= 0.6 is 0 Å². The van der Waals surface area contributed by atoms with Crippen LogP contribution in [0, 0.1) is 5.92 Å². The van der Waals surface area contributed by atoms with Crippen LogP contribution in [0.5, 0.6) is 5.75 Å². The molecule has 0 fully saturated rings. The van der Waals surface area contributed by atoms with Crippen molar-refractivity contribution in [2.75, 3.05) is 25.1 Å². The summed E-state index contributed by atoms with van der Waals surface area (Å²) in [5.41, 5.74) is 1.13. The number of ether oxygens (including phenoxy) is 3. The molecule has 160 valence electrons. The second kappa shape index (κ2) is 10.1. The summed E-state index contributed by atoms with van der Waals surface area (Å²) < 4.78 is 15.8. The van der Waals surface area contributed by atoms with Gasteiger partial charge in [0.1, 0.15) is 11.4 Å². The third-order valence-corrected chi connectivity index (χ3v) is 4.15. The van der Waals surface area contributed by atoms with Crippen LogP contribution in [0.1, 0.15) is 46.1 Å². The average Bonchev–Trinajstić information content (AvgIpc) is 2.61. The molecule has 8 heteroatoms. The molecule has 1 unspecified atom stereocenters. The van der Waals surface area contributed by atoms with Gasteiger partial charge in [0.25, 0.3) is 0 Å². The molecule has 29 heavy (non-hydrogen) atoms. The molecule has 1 aromatic carbocycles. The summed E-state index contributed by atoms with van der Waals surface area (Å²) in [6, 6.07) is 5.45. The molecule has 0 aromatic heterocycles. The molecular formula is C21H30N2O6. The van der Waals surface area contributed by atoms with Crippen molar-refractivity contribution in [2.24, 2.45) is 5.92 Å². The predicted molar refractivity (Wildman–Crippen MR) is 108 cm³/mol. The average molecular weight is 406 g/mol. The van der Waals surface area contributed by atoms with Gasteiger partial charge in [-0.3, -0.25) is 9.59 Å². The number of fused-ring (bicyclic) bond motifs is 1. The van der Waals surface area contributed by atoms with E-state index in [2.05, 4.69) is 10.6 Å². The summed E-state index contributed by atoms with van der Waals surface area (Å²) in [6.45, 7) is 8.33. The van der Waals surface area contributed by atoms with Gasteiger partial charge in [-0.2, -0.15) is 0 Å². The number of esters is 1. The fourth-order valence-corrected chi connectivity index (χ4v) is 2.90. The normalized spacial score (nSPS) is 15.7. The second-order valence-electron chi connectivity index (χ2n) is 7.85. The highest BCUT2D eigenvalue weighted by Gasteiger charge is 2.29. The third kappa shape index (κ3) is 7.63. The van der Waals surface area contributed by atoms with E-state index in [9.17, 15) is 14.4 Å². The Morgan fingerprint density at radius 3 is 2.72 bits per heavy atom. The predicted octanol–water partition coefficient (Wildman–Crippen LogP) is 3.04. The van der Waals surface area contributed by atoms with Gasteiger partial charge in [-0.25, -0.2) is 4.79 Å². The van der Waals surface area contributed by atoms with Crippen LogP contribution in [0.2, 0.25) is 0 Å². The highest BCUT2D eigenvalue weighted by molar-refractivity contribution is 5.97. The van der Waals surface area contributed by atoms with Crippen LogP contribution in [0.15, 0.2) is 18.2 Å².